The molecule has 0 atom stereocenters. The second kappa shape index (κ2) is 5.94. The van der Waals surface area contributed by atoms with Crippen molar-refractivity contribution in [2.24, 2.45) is 10.9 Å². The zero-order valence-corrected chi connectivity index (χ0v) is 11.4. The van der Waals surface area contributed by atoms with Crippen LogP contribution in [0.1, 0.15) is 51.5 Å². The van der Waals surface area contributed by atoms with E-state index in [1.807, 2.05) is 24.3 Å². The standard InChI is InChI=1S/C16H22N2/c1-12(2)16(17)14-10-6-7-11-15(14)18-13-8-4-3-5-9-13/h6-7,10-12,17H,3-5,8-9H2,1-2H3. The molecule has 0 unspecified atom stereocenters. The van der Waals surface area contributed by atoms with Crippen molar-refractivity contribution in [2.75, 3.05) is 0 Å². The minimum absolute atomic E-state index is 0.248. The minimum Gasteiger partial charge on any atom is -0.304 e. The molecule has 1 aromatic carbocycles. The van der Waals surface area contributed by atoms with Gasteiger partial charge in [0.2, 0.25) is 0 Å². The molecule has 0 bridgehead atoms. The molecule has 1 aromatic rings. The molecule has 0 saturated heterocycles. The molecule has 1 saturated carbocycles. The first kappa shape index (κ1) is 13.0. The lowest BCUT2D eigenvalue weighted by molar-refractivity contribution is 0.667. The zero-order valence-electron chi connectivity index (χ0n) is 11.4. The Morgan fingerprint density at radius 2 is 1.78 bits per heavy atom. The average molecular weight is 242 g/mol. The van der Waals surface area contributed by atoms with Crippen LogP contribution in [0.25, 0.3) is 0 Å². The number of rotatable bonds is 3. The summed E-state index contributed by atoms with van der Waals surface area (Å²) < 4.78 is 0. The Balaban J connectivity index is 2.30. The van der Waals surface area contributed by atoms with Crippen molar-refractivity contribution < 1.29 is 0 Å². The topological polar surface area (TPSA) is 36.2 Å². The lowest BCUT2D eigenvalue weighted by Gasteiger charge is -2.15. The van der Waals surface area contributed by atoms with E-state index in [1.54, 1.807) is 0 Å². The Hall–Kier alpha value is -1.44. The van der Waals surface area contributed by atoms with Gasteiger partial charge in [0.15, 0.2) is 0 Å². The normalized spacial score (nSPS) is 15.8. The van der Waals surface area contributed by atoms with Crippen molar-refractivity contribution in [3.8, 4) is 0 Å². The van der Waals surface area contributed by atoms with Crippen molar-refractivity contribution in [3.05, 3.63) is 29.8 Å². The van der Waals surface area contributed by atoms with Crippen LogP contribution in [0.3, 0.4) is 0 Å². The molecule has 1 aliphatic carbocycles. The van der Waals surface area contributed by atoms with Crippen LogP contribution in [0, 0.1) is 11.3 Å². The summed E-state index contributed by atoms with van der Waals surface area (Å²) in [5.41, 5.74) is 3.97. The molecule has 96 valence electrons. The van der Waals surface area contributed by atoms with Crippen molar-refractivity contribution in [1.82, 2.24) is 0 Å². The smallest absolute Gasteiger partial charge is 0.0719 e. The van der Waals surface area contributed by atoms with Gasteiger partial charge in [-0.2, -0.15) is 0 Å². The van der Waals surface area contributed by atoms with Crippen LogP contribution in [0.4, 0.5) is 5.69 Å². The second-order valence-corrected chi connectivity index (χ2v) is 5.32. The van der Waals surface area contributed by atoms with Crippen LogP contribution >= 0.6 is 0 Å². The van der Waals surface area contributed by atoms with Gasteiger partial charge in [-0.05, 0) is 37.7 Å². The summed E-state index contributed by atoms with van der Waals surface area (Å²) in [7, 11) is 0. The molecular weight excluding hydrogens is 220 g/mol. The SMILES string of the molecule is CC(C)C(=N)c1ccccc1N=C1CCCCC1. The highest BCUT2D eigenvalue weighted by atomic mass is 14.8. The molecule has 0 radical (unpaired) electrons. The molecule has 1 fully saturated rings. The van der Waals surface area contributed by atoms with Crippen LogP contribution in [0.2, 0.25) is 0 Å². The Morgan fingerprint density at radius 1 is 1.11 bits per heavy atom. The van der Waals surface area contributed by atoms with Crippen LogP contribution in [-0.2, 0) is 0 Å². The Morgan fingerprint density at radius 3 is 2.44 bits per heavy atom. The Bertz CT molecular complexity index is 450. The fraction of sp³-hybridized carbons (Fsp3) is 0.500. The van der Waals surface area contributed by atoms with Gasteiger partial charge in [0.1, 0.15) is 0 Å². The maximum atomic E-state index is 8.17. The van der Waals surface area contributed by atoms with Gasteiger partial charge in [-0.25, -0.2) is 0 Å². The maximum Gasteiger partial charge on any atom is 0.0719 e. The van der Waals surface area contributed by atoms with E-state index < -0.39 is 0 Å². The first-order chi connectivity index (χ1) is 8.68. The van der Waals surface area contributed by atoms with Crippen LogP contribution in [0.15, 0.2) is 29.3 Å². The zero-order chi connectivity index (χ0) is 13.0. The van der Waals surface area contributed by atoms with E-state index >= 15 is 0 Å². The van der Waals surface area contributed by atoms with Gasteiger partial charge >= 0.3 is 0 Å². The average Bonchev–Trinajstić information content (AvgIpc) is 2.39. The van der Waals surface area contributed by atoms with Gasteiger partial charge in [0.05, 0.1) is 5.69 Å². The highest BCUT2D eigenvalue weighted by Gasteiger charge is 2.12. The predicted molar refractivity (Wildman–Crippen MR) is 78.3 cm³/mol. The fourth-order valence-corrected chi connectivity index (χ4v) is 2.35. The first-order valence-corrected chi connectivity index (χ1v) is 6.93. The van der Waals surface area contributed by atoms with Gasteiger partial charge < -0.3 is 5.41 Å². The molecular formula is C16H22N2. The third-order valence-electron chi connectivity index (χ3n) is 3.48. The van der Waals surface area contributed by atoms with E-state index in [2.05, 4.69) is 13.8 Å². The highest BCUT2D eigenvalue weighted by Crippen LogP contribution is 2.25. The summed E-state index contributed by atoms with van der Waals surface area (Å²) >= 11 is 0. The molecule has 0 heterocycles. The Kier molecular flexibility index (Phi) is 4.29. The number of aliphatic imine (C=N–C) groups is 1. The van der Waals surface area contributed by atoms with E-state index in [0.717, 1.165) is 24.1 Å². The summed E-state index contributed by atoms with van der Waals surface area (Å²) in [6.45, 7) is 4.12. The maximum absolute atomic E-state index is 8.17. The van der Waals surface area contributed by atoms with Crippen molar-refractivity contribution >= 4 is 17.1 Å². The molecule has 0 amide bonds. The van der Waals surface area contributed by atoms with E-state index in [1.165, 1.54) is 25.0 Å². The molecule has 1 aliphatic rings. The number of para-hydroxylation sites is 1. The van der Waals surface area contributed by atoms with E-state index in [9.17, 15) is 0 Å². The molecule has 18 heavy (non-hydrogen) atoms. The summed E-state index contributed by atoms with van der Waals surface area (Å²) in [6.07, 6.45) is 6.13. The number of hydrogen-bond acceptors (Lipinski definition) is 2. The summed E-state index contributed by atoms with van der Waals surface area (Å²) in [6, 6.07) is 8.06. The molecule has 0 spiro atoms. The van der Waals surface area contributed by atoms with Gasteiger partial charge in [0.25, 0.3) is 0 Å². The highest BCUT2D eigenvalue weighted by molar-refractivity contribution is 6.04. The quantitative estimate of drug-likeness (QED) is 0.743. The summed E-state index contributed by atoms with van der Waals surface area (Å²) in [5.74, 6) is 0.248. The minimum atomic E-state index is 0.248. The lowest BCUT2D eigenvalue weighted by Crippen LogP contribution is -2.09. The monoisotopic (exact) mass is 242 g/mol. The van der Waals surface area contributed by atoms with Crippen molar-refractivity contribution in [3.63, 3.8) is 0 Å². The van der Waals surface area contributed by atoms with Crippen LogP contribution in [0.5, 0.6) is 0 Å². The van der Waals surface area contributed by atoms with Crippen LogP contribution in [-0.4, -0.2) is 11.4 Å². The van der Waals surface area contributed by atoms with Gasteiger partial charge in [-0.3, -0.25) is 4.99 Å². The summed E-state index contributed by atoms with van der Waals surface area (Å²) in [5, 5.41) is 8.17. The number of benzene rings is 1. The van der Waals surface area contributed by atoms with Gasteiger partial charge in [-0.15, -0.1) is 0 Å². The third kappa shape index (κ3) is 3.06. The third-order valence-corrected chi connectivity index (χ3v) is 3.48. The van der Waals surface area contributed by atoms with Crippen molar-refractivity contribution in [1.29, 1.82) is 5.41 Å². The predicted octanol–water partition coefficient (Wildman–Crippen LogP) is 4.75. The summed E-state index contributed by atoms with van der Waals surface area (Å²) in [4.78, 5) is 4.80. The van der Waals surface area contributed by atoms with E-state index in [-0.39, 0.29) is 5.92 Å². The first-order valence-electron chi connectivity index (χ1n) is 6.93. The molecule has 2 heteroatoms. The van der Waals surface area contributed by atoms with Crippen LogP contribution < -0.4 is 0 Å². The van der Waals surface area contributed by atoms with Crippen molar-refractivity contribution in [2.45, 2.75) is 46.0 Å². The van der Waals surface area contributed by atoms with E-state index in [0.29, 0.717) is 5.71 Å². The largest absolute Gasteiger partial charge is 0.304 e. The Labute approximate surface area is 110 Å². The molecule has 0 aromatic heterocycles. The molecule has 2 rings (SSSR count). The molecule has 1 N–H and O–H groups in total. The number of hydrogen-bond donors (Lipinski definition) is 1. The van der Waals surface area contributed by atoms with Gasteiger partial charge in [-0.1, -0.05) is 38.5 Å². The molecule has 2 nitrogen and oxygen atoms in total. The molecule has 0 aliphatic heterocycles. The van der Waals surface area contributed by atoms with E-state index in [4.69, 9.17) is 10.4 Å². The van der Waals surface area contributed by atoms with Gasteiger partial charge in [0, 0.05) is 17.0 Å². The number of nitrogens with one attached hydrogen (secondary N) is 1. The number of nitrogens with zero attached hydrogens (tertiary/aromatic N) is 1. The second-order valence-electron chi connectivity index (χ2n) is 5.32. The lowest BCUT2D eigenvalue weighted by atomic mass is 9.96. The fourth-order valence-electron chi connectivity index (χ4n) is 2.35.